The van der Waals surface area contributed by atoms with Crippen molar-refractivity contribution < 1.29 is 0 Å². The van der Waals surface area contributed by atoms with Gasteiger partial charge >= 0.3 is 0 Å². The highest BCUT2D eigenvalue weighted by Crippen LogP contribution is 2.06. The van der Waals surface area contributed by atoms with Crippen molar-refractivity contribution in [3.05, 3.63) is 30.6 Å². The normalized spacial score (nSPS) is 10.6. The molecule has 0 bridgehead atoms. The van der Waals surface area contributed by atoms with E-state index in [0.29, 0.717) is 0 Å². The van der Waals surface area contributed by atoms with Gasteiger partial charge in [-0.2, -0.15) is 5.10 Å². The first-order valence-electron chi connectivity index (χ1n) is 4.51. The second-order valence-corrected chi connectivity index (χ2v) is 3.23. The Morgan fingerprint density at radius 3 is 2.86 bits per heavy atom. The molecule has 0 fully saturated rings. The summed E-state index contributed by atoms with van der Waals surface area (Å²) in [6, 6.07) is 0. The molecule has 0 amide bonds. The van der Waals surface area contributed by atoms with Crippen LogP contribution in [0.15, 0.2) is 24.9 Å². The van der Waals surface area contributed by atoms with E-state index >= 15 is 0 Å². The molecule has 5 nitrogen and oxygen atoms in total. The Morgan fingerprint density at radius 1 is 1.43 bits per heavy atom. The van der Waals surface area contributed by atoms with Gasteiger partial charge in [-0.3, -0.25) is 4.68 Å². The number of nitrogens with two attached hydrogens (primary N) is 1. The van der Waals surface area contributed by atoms with E-state index in [9.17, 15) is 0 Å². The second kappa shape index (κ2) is 3.53. The number of anilines is 1. The van der Waals surface area contributed by atoms with E-state index in [2.05, 4.69) is 10.1 Å². The summed E-state index contributed by atoms with van der Waals surface area (Å²) in [7, 11) is 0. The summed E-state index contributed by atoms with van der Waals surface area (Å²) >= 11 is 0. The van der Waals surface area contributed by atoms with Gasteiger partial charge in [0.25, 0.3) is 0 Å². The quantitative estimate of drug-likeness (QED) is 0.775. The van der Waals surface area contributed by atoms with Gasteiger partial charge in [0.15, 0.2) is 0 Å². The minimum absolute atomic E-state index is 0.746. The highest BCUT2D eigenvalue weighted by molar-refractivity contribution is 5.39. The summed E-state index contributed by atoms with van der Waals surface area (Å²) in [5, 5.41) is 4.27. The summed E-state index contributed by atoms with van der Waals surface area (Å²) in [5.41, 5.74) is 7.32. The molecule has 0 aliphatic rings. The van der Waals surface area contributed by atoms with E-state index in [4.69, 9.17) is 5.73 Å². The zero-order chi connectivity index (χ0) is 9.97. The lowest BCUT2D eigenvalue weighted by molar-refractivity contribution is 0.531. The van der Waals surface area contributed by atoms with Crippen molar-refractivity contribution in [2.24, 2.45) is 0 Å². The third-order valence-electron chi connectivity index (χ3n) is 2.13. The Morgan fingerprint density at radius 2 is 2.29 bits per heavy atom. The minimum atomic E-state index is 0.746. The molecule has 74 valence electrons. The number of rotatable bonds is 3. The Labute approximate surface area is 82.2 Å². The van der Waals surface area contributed by atoms with Gasteiger partial charge < -0.3 is 10.3 Å². The van der Waals surface area contributed by atoms with Gasteiger partial charge in [0, 0.05) is 25.1 Å². The molecule has 0 aromatic carbocycles. The summed E-state index contributed by atoms with van der Waals surface area (Å²) in [5.74, 6) is 0. The maximum atomic E-state index is 5.69. The molecule has 0 aliphatic heterocycles. The smallest absolute Gasteiger partial charge is 0.0946 e. The third-order valence-corrected chi connectivity index (χ3v) is 2.13. The topological polar surface area (TPSA) is 61.7 Å². The zero-order valence-electron chi connectivity index (χ0n) is 8.09. The highest BCUT2D eigenvalue weighted by atomic mass is 15.3. The molecule has 0 spiro atoms. The first-order valence-corrected chi connectivity index (χ1v) is 4.51. The van der Waals surface area contributed by atoms with Crippen LogP contribution in [0.25, 0.3) is 0 Å². The maximum absolute atomic E-state index is 5.69. The van der Waals surface area contributed by atoms with Crippen LogP contribution < -0.4 is 5.73 Å². The first-order chi connectivity index (χ1) is 6.75. The maximum Gasteiger partial charge on any atom is 0.0946 e. The molecule has 2 aromatic heterocycles. The van der Waals surface area contributed by atoms with Crippen molar-refractivity contribution in [1.29, 1.82) is 0 Å². The average molecular weight is 191 g/mol. The number of hydrogen-bond acceptors (Lipinski definition) is 3. The van der Waals surface area contributed by atoms with Crippen LogP contribution in [-0.2, 0) is 13.1 Å². The van der Waals surface area contributed by atoms with Crippen LogP contribution in [0.5, 0.6) is 0 Å². The molecule has 0 atom stereocenters. The van der Waals surface area contributed by atoms with E-state index < -0.39 is 0 Å². The van der Waals surface area contributed by atoms with Crippen LogP contribution in [0, 0.1) is 6.92 Å². The van der Waals surface area contributed by atoms with E-state index in [1.165, 1.54) is 0 Å². The van der Waals surface area contributed by atoms with E-state index in [-0.39, 0.29) is 0 Å². The second-order valence-electron chi connectivity index (χ2n) is 3.23. The predicted molar refractivity (Wildman–Crippen MR) is 53.6 cm³/mol. The lowest BCUT2D eigenvalue weighted by atomic mass is 10.4. The molecule has 14 heavy (non-hydrogen) atoms. The third kappa shape index (κ3) is 1.76. The molecule has 2 N–H and O–H groups in total. The number of hydrogen-bond donors (Lipinski definition) is 1. The van der Waals surface area contributed by atoms with Crippen LogP contribution in [0.3, 0.4) is 0 Å². The monoisotopic (exact) mass is 191 g/mol. The molecule has 0 aliphatic carbocycles. The number of nitrogen functional groups attached to an aromatic ring is 1. The molecular formula is C9H13N5. The fourth-order valence-electron chi connectivity index (χ4n) is 1.28. The van der Waals surface area contributed by atoms with Gasteiger partial charge in [-0.25, -0.2) is 4.98 Å². The van der Waals surface area contributed by atoms with Crippen molar-refractivity contribution in [2.45, 2.75) is 20.0 Å². The Bertz CT molecular complexity index is 381. The summed E-state index contributed by atoms with van der Waals surface area (Å²) in [6.45, 7) is 3.58. The van der Waals surface area contributed by atoms with E-state index in [0.717, 1.165) is 24.5 Å². The largest absolute Gasteiger partial charge is 0.396 e. The van der Waals surface area contributed by atoms with Crippen LogP contribution in [-0.4, -0.2) is 19.3 Å². The lowest BCUT2D eigenvalue weighted by Crippen LogP contribution is -2.06. The van der Waals surface area contributed by atoms with Crippen LogP contribution in [0.1, 0.15) is 5.69 Å². The molecular weight excluding hydrogens is 178 g/mol. The van der Waals surface area contributed by atoms with E-state index in [1.807, 2.05) is 28.6 Å². The Kier molecular flexibility index (Phi) is 2.22. The van der Waals surface area contributed by atoms with Gasteiger partial charge in [0.2, 0.25) is 0 Å². The van der Waals surface area contributed by atoms with Crippen molar-refractivity contribution >= 4 is 5.69 Å². The van der Waals surface area contributed by atoms with Gasteiger partial charge in [-0.15, -0.1) is 0 Å². The summed E-state index contributed by atoms with van der Waals surface area (Å²) in [4.78, 5) is 3.97. The number of aryl methyl sites for hydroxylation is 3. The zero-order valence-corrected chi connectivity index (χ0v) is 8.09. The summed E-state index contributed by atoms with van der Waals surface area (Å²) in [6.07, 6.45) is 7.34. The minimum Gasteiger partial charge on any atom is -0.396 e. The Hall–Kier alpha value is -1.78. The number of nitrogens with zero attached hydrogens (tertiary/aromatic N) is 4. The van der Waals surface area contributed by atoms with Gasteiger partial charge in [0.1, 0.15) is 0 Å². The SMILES string of the molecule is Cc1nn(CCn2ccnc2)cc1N. The van der Waals surface area contributed by atoms with Crippen LogP contribution in [0.2, 0.25) is 0 Å². The molecule has 0 radical (unpaired) electrons. The first kappa shape index (κ1) is 8.80. The molecule has 0 unspecified atom stereocenters. The molecule has 5 heteroatoms. The number of aromatic nitrogens is 4. The van der Waals surface area contributed by atoms with Gasteiger partial charge in [-0.05, 0) is 6.92 Å². The van der Waals surface area contributed by atoms with Crippen molar-refractivity contribution in [2.75, 3.05) is 5.73 Å². The molecule has 0 saturated carbocycles. The van der Waals surface area contributed by atoms with Crippen molar-refractivity contribution in [1.82, 2.24) is 19.3 Å². The van der Waals surface area contributed by atoms with Crippen molar-refractivity contribution in [3.63, 3.8) is 0 Å². The van der Waals surface area contributed by atoms with Crippen LogP contribution >= 0.6 is 0 Å². The van der Waals surface area contributed by atoms with Gasteiger partial charge in [-0.1, -0.05) is 0 Å². The fourth-order valence-corrected chi connectivity index (χ4v) is 1.28. The van der Waals surface area contributed by atoms with Gasteiger partial charge in [0.05, 0.1) is 24.3 Å². The fraction of sp³-hybridized carbons (Fsp3) is 0.333. The van der Waals surface area contributed by atoms with Crippen LogP contribution in [0.4, 0.5) is 5.69 Å². The van der Waals surface area contributed by atoms with E-state index in [1.54, 1.807) is 12.5 Å². The molecule has 0 saturated heterocycles. The van der Waals surface area contributed by atoms with Crippen molar-refractivity contribution in [3.8, 4) is 0 Å². The lowest BCUT2D eigenvalue weighted by Gasteiger charge is -2.01. The average Bonchev–Trinajstić information content (AvgIpc) is 2.74. The predicted octanol–water partition coefficient (Wildman–Crippen LogP) is 0.670. The summed E-state index contributed by atoms with van der Waals surface area (Å²) < 4.78 is 3.86. The number of imidazole rings is 1. The highest BCUT2D eigenvalue weighted by Gasteiger charge is 1.99. The standard InChI is InChI=1S/C9H13N5/c1-8-9(10)6-14(12-8)5-4-13-3-2-11-7-13/h2-3,6-7H,4-5,10H2,1H3. The molecule has 2 heterocycles. The molecule has 2 rings (SSSR count). The Balaban J connectivity index is 1.98. The molecule has 2 aromatic rings.